The minimum atomic E-state index is -0.315. The van der Waals surface area contributed by atoms with E-state index in [1.165, 1.54) is 5.56 Å². The van der Waals surface area contributed by atoms with E-state index in [1.807, 2.05) is 6.07 Å². The molecule has 0 unspecified atom stereocenters. The average Bonchev–Trinajstić information content (AvgIpc) is 3.21. The molecule has 1 aromatic carbocycles. The number of likely N-dealkylation sites (tertiary alicyclic amines) is 1. The molecule has 0 bridgehead atoms. The maximum Gasteiger partial charge on any atom is 0.316 e. The number of hydrogen-bond donors (Lipinski definition) is 1. The molecular formula is C20H21N5O2. The number of amides is 1. The van der Waals surface area contributed by atoms with E-state index in [1.54, 1.807) is 24.5 Å². The van der Waals surface area contributed by atoms with Crippen LogP contribution < -0.4 is 5.32 Å². The van der Waals surface area contributed by atoms with Crippen LogP contribution in [0.4, 0.5) is 0 Å². The van der Waals surface area contributed by atoms with Gasteiger partial charge in [-0.05, 0) is 30.5 Å². The van der Waals surface area contributed by atoms with Gasteiger partial charge in [-0.3, -0.25) is 14.7 Å². The van der Waals surface area contributed by atoms with Crippen LogP contribution in [0.2, 0.25) is 0 Å². The van der Waals surface area contributed by atoms with Gasteiger partial charge < -0.3 is 9.84 Å². The van der Waals surface area contributed by atoms with Crippen molar-refractivity contribution in [3.05, 3.63) is 66.3 Å². The summed E-state index contributed by atoms with van der Waals surface area (Å²) in [7, 11) is 0. The number of aromatic nitrogens is 3. The zero-order valence-corrected chi connectivity index (χ0v) is 14.9. The van der Waals surface area contributed by atoms with Crippen LogP contribution >= 0.6 is 0 Å². The van der Waals surface area contributed by atoms with Gasteiger partial charge in [-0.1, -0.05) is 35.5 Å². The first-order chi connectivity index (χ1) is 13.3. The Balaban J connectivity index is 1.29. The Labute approximate surface area is 157 Å². The summed E-state index contributed by atoms with van der Waals surface area (Å²) in [5.41, 5.74) is 2.08. The van der Waals surface area contributed by atoms with E-state index < -0.39 is 0 Å². The monoisotopic (exact) mass is 363 g/mol. The molecule has 0 spiro atoms. The van der Waals surface area contributed by atoms with Crippen LogP contribution in [0.3, 0.4) is 0 Å². The third-order valence-electron chi connectivity index (χ3n) is 4.73. The van der Waals surface area contributed by atoms with Crippen molar-refractivity contribution in [2.24, 2.45) is 0 Å². The highest BCUT2D eigenvalue weighted by atomic mass is 16.5. The second-order valence-electron chi connectivity index (χ2n) is 6.67. The number of pyridine rings is 1. The van der Waals surface area contributed by atoms with E-state index in [9.17, 15) is 4.79 Å². The number of carbonyl (C=O) groups excluding carboxylic acids is 1. The van der Waals surface area contributed by atoms with Gasteiger partial charge in [0.2, 0.25) is 5.82 Å². The highest BCUT2D eigenvalue weighted by Gasteiger charge is 2.24. The van der Waals surface area contributed by atoms with Gasteiger partial charge in [0.1, 0.15) is 0 Å². The van der Waals surface area contributed by atoms with Crippen molar-refractivity contribution in [1.82, 2.24) is 25.3 Å². The Morgan fingerprint density at radius 3 is 2.59 bits per heavy atom. The molecule has 1 N–H and O–H groups in total. The second-order valence-corrected chi connectivity index (χ2v) is 6.67. The standard InChI is InChI=1S/C20H21N5O2/c26-19(20-23-18(24-27-20)16-6-10-21-11-7-16)22-17-8-12-25(13-9-17)14-15-4-2-1-3-5-15/h1-7,10-11,17H,8-9,12-14H2,(H,22,26). The number of hydrogen-bond acceptors (Lipinski definition) is 6. The summed E-state index contributed by atoms with van der Waals surface area (Å²) in [5, 5.41) is 6.89. The Hall–Kier alpha value is -3.06. The van der Waals surface area contributed by atoms with Crippen LogP contribution in [-0.4, -0.2) is 45.1 Å². The molecule has 0 aliphatic carbocycles. The van der Waals surface area contributed by atoms with E-state index in [4.69, 9.17) is 4.52 Å². The summed E-state index contributed by atoms with van der Waals surface area (Å²) in [6.07, 6.45) is 5.11. The molecule has 3 aromatic rings. The first-order valence-corrected chi connectivity index (χ1v) is 9.09. The first kappa shape index (κ1) is 17.4. The molecule has 1 aliphatic heterocycles. The summed E-state index contributed by atoms with van der Waals surface area (Å²) in [6.45, 7) is 2.85. The average molecular weight is 363 g/mol. The Morgan fingerprint density at radius 2 is 1.85 bits per heavy atom. The fourth-order valence-corrected chi connectivity index (χ4v) is 3.26. The zero-order valence-electron chi connectivity index (χ0n) is 14.9. The normalized spacial score (nSPS) is 15.6. The fraction of sp³-hybridized carbons (Fsp3) is 0.300. The molecule has 4 rings (SSSR count). The highest BCUT2D eigenvalue weighted by molar-refractivity contribution is 5.90. The van der Waals surface area contributed by atoms with E-state index in [0.29, 0.717) is 5.82 Å². The van der Waals surface area contributed by atoms with Gasteiger partial charge in [0.15, 0.2) is 0 Å². The molecule has 0 radical (unpaired) electrons. The summed E-state index contributed by atoms with van der Waals surface area (Å²) >= 11 is 0. The van der Waals surface area contributed by atoms with E-state index >= 15 is 0 Å². The van der Waals surface area contributed by atoms with Crippen LogP contribution in [0.5, 0.6) is 0 Å². The SMILES string of the molecule is O=C(NC1CCN(Cc2ccccc2)CC1)c1nc(-c2ccncc2)no1. The summed E-state index contributed by atoms with van der Waals surface area (Å²) in [6, 6.07) is 14.1. The van der Waals surface area contributed by atoms with Crippen molar-refractivity contribution in [3.63, 3.8) is 0 Å². The van der Waals surface area contributed by atoms with Gasteiger partial charge >= 0.3 is 11.8 Å². The topological polar surface area (TPSA) is 84.2 Å². The zero-order chi connectivity index (χ0) is 18.5. The molecule has 0 saturated carbocycles. The van der Waals surface area contributed by atoms with E-state index in [2.05, 4.69) is 49.6 Å². The number of carbonyl (C=O) groups is 1. The molecule has 0 atom stereocenters. The predicted octanol–water partition coefficient (Wildman–Crippen LogP) is 2.53. The van der Waals surface area contributed by atoms with Crippen molar-refractivity contribution in [3.8, 4) is 11.4 Å². The number of nitrogens with zero attached hydrogens (tertiary/aromatic N) is 4. The largest absolute Gasteiger partial charge is 0.345 e. The fourth-order valence-electron chi connectivity index (χ4n) is 3.26. The summed E-state index contributed by atoms with van der Waals surface area (Å²) in [4.78, 5) is 22.9. The van der Waals surface area contributed by atoms with E-state index in [-0.39, 0.29) is 17.8 Å². The molecule has 2 aromatic heterocycles. The Bertz CT molecular complexity index is 874. The molecule has 1 saturated heterocycles. The highest BCUT2D eigenvalue weighted by Crippen LogP contribution is 2.16. The third kappa shape index (κ3) is 4.38. The van der Waals surface area contributed by atoms with Gasteiger partial charge in [-0.15, -0.1) is 0 Å². The lowest BCUT2D eigenvalue weighted by molar-refractivity contribution is 0.0865. The van der Waals surface area contributed by atoms with Crippen molar-refractivity contribution < 1.29 is 9.32 Å². The van der Waals surface area contributed by atoms with Crippen molar-refractivity contribution in [2.45, 2.75) is 25.4 Å². The van der Waals surface area contributed by atoms with Crippen LogP contribution in [0.1, 0.15) is 29.1 Å². The lowest BCUT2D eigenvalue weighted by Gasteiger charge is -2.32. The number of benzene rings is 1. The maximum absolute atomic E-state index is 12.4. The minimum Gasteiger partial charge on any atom is -0.345 e. The lowest BCUT2D eigenvalue weighted by Crippen LogP contribution is -2.44. The molecule has 138 valence electrons. The third-order valence-corrected chi connectivity index (χ3v) is 4.73. The van der Waals surface area contributed by atoms with Crippen molar-refractivity contribution in [2.75, 3.05) is 13.1 Å². The van der Waals surface area contributed by atoms with E-state index in [0.717, 1.165) is 38.0 Å². The van der Waals surface area contributed by atoms with Crippen molar-refractivity contribution >= 4 is 5.91 Å². The predicted molar refractivity (Wildman–Crippen MR) is 99.7 cm³/mol. The van der Waals surface area contributed by atoms with Gasteiger partial charge in [0, 0.05) is 43.6 Å². The molecule has 27 heavy (non-hydrogen) atoms. The Morgan fingerprint density at radius 1 is 1.11 bits per heavy atom. The molecule has 1 amide bonds. The smallest absolute Gasteiger partial charge is 0.316 e. The summed E-state index contributed by atoms with van der Waals surface area (Å²) in [5.74, 6) is 0.0677. The van der Waals surface area contributed by atoms with Crippen molar-refractivity contribution in [1.29, 1.82) is 0 Å². The molecule has 7 nitrogen and oxygen atoms in total. The molecule has 3 heterocycles. The molecule has 1 aliphatic rings. The first-order valence-electron chi connectivity index (χ1n) is 9.09. The van der Waals surface area contributed by atoms with Gasteiger partial charge in [-0.2, -0.15) is 4.98 Å². The second kappa shape index (κ2) is 8.09. The van der Waals surface area contributed by atoms with Crippen LogP contribution in [0.25, 0.3) is 11.4 Å². The van der Waals surface area contributed by atoms with Crippen LogP contribution in [0, 0.1) is 0 Å². The number of rotatable bonds is 5. The lowest BCUT2D eigenvalue weighted by atomic mass is 10.0. The van der Waals surface area contributed by atoms with Crippen LogP contribution in [-0.2, 0) is 6.54 Å². The van der Waals surface area contributed by atoms with Gasteiger partial charge in [0.05, 0.1) is 0 Å². The molecule has 1 fully saturated rings. The van der Waals surface area contributed by atoms with Gasteiger partial charge in [-0.25, -0.2) is 0 Å². The van der Waals surface area contributed by atoms with Crippen LogP contribution in [0.15, 0.2) is 59.4 Å². The minimum absolute atomic E-state index is 0.00599. The number of nitrogens with one attached hydrogen (secondary N) is 1. The summed E-state index contributed by atoms with van der Waals surface area (Å²) < 4.78 is 5.12. The maximum atomic E-state index is 12.4. The van der Waals surface area contributed by atoms with Gasteiger partial charge in [0.25, 0.3) is 0 Å². The molecule has 7 heteroatoms. The molecular weight excluding hydrogens is 342 g/mol. The number of piperidine rings is 1. The quantitative estimate of drug-likeness (QED) is 0.750. The Kier molecular flexibility index (Phi) is 5.20.